The van der Waals surface area contributed by atoms with E-state index in [2.05, 4.69) is 11.2 Å². The molecule has 1 unspecified atom stereocenters. The highest BCUT2D eigenvalue weighted by Crippen LogP contribution is 2.22. The first-order valence-corrected chi connectivity index (χ1v) is 4.69. The summed E-state index contributed by atoms with van der Waals surface area (Å²) in [6.45, 7) is 2.54. The van der Waals surface area contributed by atoms with Crippen LogP contribution in [0.3, 0.4) is 0 Å². The lowest BCUT2D eigenvalue weighted by Gasteiger charge is -2.13. The molecule has 0 saturated heterocycles. The molecule has 0 aliphatic carbocycles. The van der Waals surface area contributed by atoms with Crippen molar-refractivity contribution in [3.63, 3.8) is 0 Å². The zero-order valence-corrected chi connectivity index (χ0v) is 8.32. The van der Waals surface area contributed by atoms with Gasteiger partial charge in [-0.3, -0.25) is 0 Å². The van der Waals surface area contributed by atoms with Gasteiger partial charge in [0.1, 0.15) is 0 Å². The minimum Gasteiger partial charge on any atom is -0.313 e. The number of rotatable bonds is 6. The highest BCUT2D eigenvalue weighted by Gasteiger charge is 2.26. The van der Waals surface area contributed by atoms with Crippen LogP contribution in [-0.4, -0.2) is 18.8 Å². The van der Waals surface area contributed by atoms with Crippen LogP contribution >= 0.6 is 0 Å². The smallest absolute Gasteiger partial charge is 0.313 e. The maximum atomic E-state index is 11.8. The van der Waals surface area contributed by atoms with E-state index in [-0.39, 0.29) is 12.5 Å². The second-order valence-electron chi connectivity index (χ2n) is 3.32. The average molecular weight is 207 g/mol. The largest absolute Gasteiger partial charge is 0.389 e. The summed E-state index contributed by atoms with van der Waals surface area (Å²) in [6, 6.07) is 0.102. The van der Waals surface area contributed by atoms with Crippen molar-refractivity contribution in [2.45, 2.75) is 44.8 Å². The zero-order valence-electron chi connectivity index (χ0n) is 8.32. The Morgan fingerprint density at radius 1 is 1.43 bits per heavy atom. The molecule has 0 amide bonds. The van der Waals surface area contributed by atoms with E-state index >= 15 is 0 Å². The number of nitrogens with one attached hydrogen (secondary N) is 1. The van der Waals surface area contributed by atoms with Gasteiger partial charge in [0.05, 0.1) is 0 Å². The number of hydrogen-bond donors (Lipinski definition) is 1. The quantitative estimate of drug-likeness (QED) is 0.521. The SMILES string of the molecule is C#CCCNC(C)CCCC(F)(F)F. The van der Waals surface area contributed by atoms with Crippen LogP contribution in [0.1, 0.15) is 32.6 Å². The van der Waals surface area contributed by atoms with Gasteiger partial charge in [0.2, 0.25) is 0 Å². The monoisotopic (exact) mass is 207 g/mol. The van der Waals surface area contributed by atoms with Gasteiger partial charge >= 0.3 is 6.18 Å². The van der Waals surface area contributed by atoms with Crippen molar-refractivity contribution in [2.75, 3.05) is 6.54 Å². The van der Waals surface area contributed by atoms with E-state index in [4.69, 9.17) is 6.42 Å². The van der Waals surface area contributed by atoms with Crippen molar-refractivity contribution in [3.05, 3.63) is 0 Å². The molecule has 82 valence electrons. The highest BCUT2D eigenvalue weighted by atomic mass is 19.4. The van der Waals surface area contributed by atoms with E-state index in [1.165, 1.54) is 0 Å². The minimum atomic E-state index is -4.03. The predicted molar refractivity (Wildman–Crippen MR) is 50.8 cm³/mol. The Morgan fingerprint density at radius 2 is 2.07 bits per heavy atom. The standard InChI is InChI=1S/C10H16F3N/c1-3-4-8-14-9(2)6-5-7-10(11,12)13/h1,9,14H,4-8H2,2H3. The first kappa shape index (κ1) is 13.3. The van der Waals surface area contributed by atoms with Crippen LogP contribution in [0.2, 0.25) is 0 Å². The molecule has 0 spiro atoms. The minimum absolute atomic E-state index is 0.102. The Morgan fingerprint density at radius 3 is 2.57 bits per heavy atom. The van der Waals surface area contributed by atoms with Crippen LogP contribution in [-0.2, 0) is 0 Å². The zero-order chi connectivity index (χ0) is 11.0. The molecule has 0 aliphatic rings. The van der Waals surface area contributed by atoms with Crippen LogP contribution in [0.4, 0.5) is 13.2 Å². The maximum Gasteiger partial charge on any atom is 0.389 e. The summed E-state index contributed by atoms with van der Waals surface area (Å²) in [5, 5.41) is 3.06. The van der Waals surface area contributed by atoms with Crippen LogP contribution in [0.15, 0.2) is 0 Å². The van der Waals surface area contributed by atoms with Gasteiger partial charge in [-0.15, -0.1) is 12.3 Å². The van der Waals surface area contributed by atoms with Gasteiger partial charge < -0.3 is 5.32 Å². The summed E-state index contributed by atoms with van der Waals surface area (Å²) in [5.74, 6) is 2.46. The van der Waals surface area contributed by atoms with Crippen molar-refractivity contribution in [1.29, 1.82) is 0 Å². The molecule has 0 aromatic carbocycles. The number of alkyl halides is 3. The summed E-state index contributed by atoms with van der Waals surface area (Å²) < 4.78 is 35.3. The van der Waals surface area contributed by atoms with E-state index in [0.717, 1.165) is 0 Å². The van der Waals surface area contributed by atoms with Crippen molar-refractivity contribution in [2.24, 2.45) is 0 Å². The first-order chi connectivity index (χ1) is 6.45. The van der Waals surface area contributed by atoms with E-state index in [1.54, 1.807) is 0 Å². The Balaban J connectivity index is 3.36. The van der Waals surface area contributed by atoms with Crippen LogP contribution < -0.4 is 5.32 Å². The Labute approximate surface area is 83.1 Å². The normalized spacial score (nSPS) is 13.6. The molecular weight excluding hydrogens is 191 g/mol. The molecule has 0 fully saturated rings. The third-order valence-corrected chi connectivity index (χ3v) is 1.86. The fourth-order valence-electron chi connectivity index (χ4n) is 1.10. The third-order valence-electron chi connectivity index (χ3n) is 1.86. The predicted octanol–water partition coefficient (Wildman–Crippen LogP) is 2.72. The molecule has 0 aliphatic heterocycles. The molecule has 0 heterocycles. The molecule has 14 heavy (non-hydrogen) atoms. The lowest BCUT2D eigenvalue weighted by Crippen LogP contribution is -2.27. The third kappa shape index (κ3) is 9.40. The summed E-state index contributed by atoms with van der Waals surface area (Å²) in [6.07, 6.45) is 1.62. The molecule has 0 bridgehead atoms. The van der Waals surface area contributed by atoms with Crippen molar-refractivity contribution in [1.82, 2.24) is 5.32 Å². The van der Waals surface area contributed by atoms with E-state index in [9.17, 15) is 13.2 Å². The van der Waals surface area contributed by atoms with Crippen LogP contribution in [0, 0.1) is 12.3 Å². The van der Waals surface area contributed by atoms with Crippen molar-refractivity contribution < 1.29 is 13.2 Å². The summed E-state index contributed by atoms with van der Waals surface area (Å²) in [5.41, 5.74) is 0. The van der Waals surface area contributed by atoms with Crippen molar-refractivity contribution >= 4 is 0 Å². The molecule has 0 radical (unpaired) electrons. The van der Waals surface area contributed by atoms with Gasteiger partial charge in [0, 0.05) is 25.4 Å². The van der Waals surface area contributed by atoms with E-state index in [1.807, 2.05) is 6.92 Å². The van der Waals surface area contributed by atoms with E-state index < -0.39 is 12.6 Å². The molecule has 0 aromatic rings. The number of terminal acetylenes is 1. The Bertz CT molecular complexity index is 181. The molecule has 0 rings (SSSR count). The molecule has 1 atom stereocenters. The molecular formula is C10H16F3N. The second-order valence-corrected chi connectivity index (χ2v) is 3.32. The highest BCUT2D eigenvalue weighted by molar-refractivity contribution is 4.84. The molecule has 0 aromatic heterocycles. The Hall–Kier alpha value is -0.690. The second kappa shape index (κ2) is 6.72. The van der Waals surface area contributed by atoms with Gasteiger partial charge in [-0.2, -0.15) is 13.2 Å². The van der Waals surface area contributed by atoms with Crippen molar-refractivity contribution in [3.8, 4) is 12.3 Å². The fourth-order valence-corrected chi connectivity index (χ4v) is 1.10. The van der Waals surface area contributed by atoms with Gasteiger partial charge in [0.15, 0.2) is 0 Å². The van der Waals surface area contributed by atoms with Gasteiger partial charge in [-0.25, -0.2) is 0 Å². The average Bonchev–Trinajstić information content (AvgIpc) is 2.02. The number of halogens is 3. The molecule has 0 saturated carbocycles. The van der Waals surface area contributed by atoms with Crippen LogP contribution in [0.25, 0.3) is 0 Å². The maximum absolute atomic E-state index is 11.8. The molecule has 1 nitrogen and oxygen atoms in total. The van der Waals surface area contributed by atoms with Gasteiger partial charge in [-0.1, -0.05) is 0 Å². The van der Waals surface area contributed by atoms with Gasteiger partial charge in [0.25, 0.3) is 0 Å². The van der Waals surface area contributed by atoms with Crippen LogP contribution in [0.5, 0.6) is 0 Å². The summed E-state index contributed by atoms with van der Waals surface area (Å²) in [7, 11) is 0. The first-order valence-electron chi connectivity index (χ1n) is 4.69. The molecule has 1 N–H and O–H groups in total. The molecule has 4 heteroatoms. The summed E-state index contributed by atoms with van der Waals surface area (Å²) in [4.78, 5) is 0. The van der Waals surface area contributed by atoms with Gasteiger partial charge in [-0.05, 0) is 19.8 Å². The lowest BCUT2D eigenvalue weighted by molar-refractivity contribution is -0.135. The fraction of sp³-hybridized carbons (Fsp3) is 0.800. The lowest BCUT2D eigenvalue weighted by atomic mass is 10.1. The Kier molecular flexibility index (Phi) is 6.39. The number of hydrogen-bond acceptors (Lipinski definition) is 1. The van der Waals surface area contributed by atoms with E-state index in [0.29, 0.717) is 19.4 Å². The topological polar surface area (TPSA) is 12.0 Å². The summed E-state index contributed by atoms with van der Waals surface area (Å²) >= 11 is 0.